The number of methoxy groups -OCH3 is 1. The van der Waals surface area contributed by atoms with Crippen LogP contribution in [0.1, 0.15) is 6.23 Å². The first-order valence-corrected chi connectivity index (χ1v) is 5.97. The first kappa shape index (κ1) is 13.2. The molecule has 2 aromatic heterocycles. The third-order valence-corrected chi connectivity index (χ3v) is 3.27. The predicted octanol–water partition coefficient (Wildman–Crippen LogP) is -0.576. The molecule has 9 heteroatoms. The van der Waals surface area contributed by atoms with Gasteiger partial charge in [0.05, 0.1) is 20.0 Å². The Kier molecular flexibility index (Phi) is 3.24. The van der Waals surface area contributed by atoms with Gasteiger partial charge in [-0.2, -0.15) is 4.98 Å². The summed E-state index contributed by atoms with van der Waals surface area (Å²) in [5, 5.41) is 18.7. The summed E-state index contributed by atoms with van der Waals surface area (Å²) in [7, 11) is 1.44. The number of aliphatic hydroxyl groups excluding tert-OH is 2. The Bertz CT molecular complexity index is 621. The molecule has 20 heavy (non-hydrogen) atoms. The molecular weight excluding hydrogens is 271 g/mol. The maximum absolute atomic E-state index is 14.1. The monoisotopic (exact) mass is 284 g/mol. The fraction of sp³-hybridized carbons (Fsp3) is 0.545. The molecule has 0 saturated carbocycles. The van der Waals surface area contributed by atoms with E-state index in [9.17, 15) is 9.50 Å². The fourth-order valence-electron chi connectivity index (χ4n) is 2.24. The summed E-state index contributed by atoms with van der Waals surface area (Å²) in [5.74, 6) is 0.265. The molecule has 3 heterocycles. The zero-order valence-electron chi connectivity index (χ0n) is 10.5. The number of imidazole rings is 1. The van der Waals surface area contributed by atoms with Crippen LogP contribution in [0.2, 0.25) is 0 Å². The fourth-order valence-corrected chi connectivity index (χ4v) is 2.24. The molecule has 1 fully saturated rings. The van der Waals surface area contributed by atoms with Gasteiger partial charge in [-0.25, -0.2) is 14.4 Å². The lowest BCUT2D eigenvalue weighted by atomic mass is 10.1. The third-order valence-electron chi connectivity index (χ3n) is 3.27. The molecule has 108 valence electrons. The van der Waals surface area contributed by atoms with E-state index in [0.29, 0.717) is 11.2 Å². The van der Waals surface area contributed by atoms with Crippen molar-refractivity contribution in [2.24, 2.45) is 0 Å². The van der Waals surface area contributed by atoms with Crippen molar-refractivity contribution in [1.29, 1.82) is 0 Å². The summed E-state index contributed by atoms with van der Waals surface area (Å²) in [4.78, 5) is 12.0. The number of ether oxygens (including phenoxy) is 2. The van der Waals surface area contributed by atoms with E-state index < -0.39 is 31.2 Å². The Morgan fingerprint density at radius 3 is 2.90 bits per heavy atom. The Morgan fingerprint density at radius 1 is 1.45 bits per heavy atom. The minimum absolute atomic E-state index is 0.265. The number of rotatable bonds is 3. The molecule has 1 aliphatic heterocycles. The maximum atomic E-state index is 14.1. The van der Waals surface area contributed by atoms with Gasteiger partial charge in [0.15, 0.2) is 23.6 Å². The molecule has 1 aliphatic rings. The number of hydrogen-bond donors (Lipinski definition) is 2. The molecule has 1 unspecified atom stereocenters. The molecule has 2 N–H and O–H groups in total. The molecule has 0 bridgehead atoms. The maximum Gasteiger partial charge on any atom is 0.245 e. The van der Waals surface area contributed by atoms with Crippen molar-refractivity contribution in [3.05, 3.63) is 12.7 Å². The average Bonchev–Trinajstić information content (AvgIpc) is 3.01. The van der Waals surface area contributed by atoms with Crippen molar-refractivity contribution in [3.63, 3.8) is 0 Å². The van der Waals surface area contributed by atoms with Crippen LogP contribution in [-0.4, -0.2) is 61.8 Å². The number of aliphatic hydroxyl groups is 2. The zero-order chi connectivity index (χ0) is 14.3. The number of halogens is 1. The van der Waals surface area contributed by atoms with E-state index in [1.165, 1.54) is 24.3 Å². The molecule has 0 spiro atoms. The second kappa shape index (κ2) is 4.93. The van der Waals surface area contributed by atoms with Crippen LogP contribution >= 0.6 is 0 Å². The van der Waals surface area contributed by atoms with Crippen molar-refractivity contribution in [2.75, 3.05) is 13.7 Å². The first-order valence-electron chi connectivity index (χ1n) is 5.97. The van der Waals surface area contributed by atoms with Crippen LogP contribution in [0.4, 0.5) is 4.39 Å². The number of nitrogens with zero attached hydrogens (tertiary/aromatic N) is 4. The lowest BCUT2D eigenvalue weighted by Crippen LogP contribution is -2.30. The lowest BCUT2D eigenvalue weighted by molar-refractivity contribution is -0.0459. The van der Waals surface area contributed by atoms with Crippen molar-refractivity contribution >= 4 is 11.2 Å². The van der Waals surface area contributed by atoms with Gasteiger partial charge in [0.2, 0.25) is 5.88 Å². The quantitative estimate of drug-likeness (QED) is 0.777. The van der Waals surface area contributed by atoms with Gasteiger partial charge >= 0.3 is 0 Å². The van der Waals surface area contributed by atoms with Gasteiger partial charge in [-0.05, 0) is 0 Å². The summed E-state index contributed by atoms with van der Waals surface area (Å²) in [5.41, 5.74) is 0.697. The predicted molar refractivity (Wildman–Crippen MR) is 63.8 cm³/mol. The Hall–Kier alpha value is -1.84. The van der Waals surface area contributed by atoms with Crippen molar-refractivity contribution in [3.8, 4) is 5.88 Å². The molecule has 4 atom stereocenters. The van der Waals surface area contributed by atoms with Crippen LogP contribution in [0.25, 0.3) is 11.2 Å². The van der Waals surface area contributed by atoms with E-state index in [2.05, 4.69) is 15.0 Å². The summed E-state index contributed by atoms with van der Waals surface area (Å²) < 4.78 is 25.8. The second-order valence-corrected chi connectivity index (χ2v) is 4.39. The molecule has 0 radical (unpaired) electrons. The number of aromatic nitrogens is 4. The normalized spacial score (nSPS) is 30.0. The highest BCUT2D eigenvalue weighted by atomic mass is 19.1. The van der Waals surface area contributed by atoms with Gasteiger partial charge < -0.3 is 19.7 Å². The first-order chi connectivity index (χ1) is 9.67. The van der Waals surface area contributed by atoms with Gasteiger partial charge in [0, 0.05) is 0 Å². The van der Waals surface area contributed by atoms with Crippen molar-refractivity contribution < 1.29 is 24.1 Å². The minimum atomic E-state index is -1.69. The van der Waals surface area contributed by atoms with E-state index >= 15 is 0 Å². The topological polar surface area (TPSA) is 103 Å². The van der Waals surface area contributed by atoms with Gasteiger partial charge in [-0.3, -0.25) is 4.57 Å². The molecule has 0 aliphatic carbocycles. The van der Waals surface area contributed by atoms with Gasteiger partial charge in [0.1, 0.15) is 18.5 Å². The highest BCUT2D eigenvalue weighted by molar-refractivity contribution is 5.76. The second-order valence-electron chi connectivity index (χ2n) is 4.39. The van der Waals surface area contributed by atoms with E-state index in [0.717, 1.165) is 0 Å². The van der Waals surface area contributed by atoms with E-state index in [-0.39, 0.29) is 5.88 Å². The van der Waals surface area contributed by atoms with Crippen LogP contribution in [-0.2, 0) is 4.74 Å². The Morgan fingerprint density at radius 2 is 2.25 bits per heavy atom. The minimum Gasteiger partial charge on any atom is -0.479 e. The molecule has 0 amide bonds. The van der Waals surface area contributed by atoms with E-state index in [1.54, 1.807) is 0 Å². The SMILES string of the molecule is COc1ncnc2c1ncn2[C@@H]1O[C@H](CO)[C@@H](O)C1F. The van der Waals surface area contributed by atoms with Gasteiger partial charge in [-0.1, -0.05) is 0 Å². The van der Waals surface area contributed by atoms with E-state index in [4.69, 9.17) is 14.6 Å². The molecule has 3 rings (SSSR count). The van der Waals surface area contributed by atoms with Crippen LogP contribution < -0.4 is 4.74 Å². The van der Waals surface area contributed by atoms with E-state index in [1.807, 2.05) is 0 Å². The van der Waals surface area contributed by atoms with Crippen LogP contribution in [0.3, 0.4) is 0 Å². The van der Waals surface area contributed by atoms with Gasteiger partial charge in [0.25, 0.3) is 0 Å². The highest BCUT2D eigenvalue weighted by Gasteiger charge is 2.45. The zero-order valence-corrected chi connectivity index (χ0v) is 10.5. The average molecular weight is 284 g/mol. The Balaban J connectivity index is 2.03. The highest BCUT2D eigenvalue weighted by Crippen LogP contribution is 2.34. The van der Waals surface area contributed by atoms with Crippen molar-refractivity contribution in [2.45, 2.75) is 24.6 Å². The summed E-state index contributed by atoms with van der Waals surface area (Å²) in [6.45, 7) is -0.469. The summed E-state index contributed by atoms with van der Waals surface area (Å²) in [6, 6.07) is 0. The lowest BCUT2D eigenvalue weighted by Gasteiger charge is -2.14. The third kappa shape index (κ3) is 1.82. The summed E-state index contributed by atoms with van der Waals surface area (Å²) in [6.07, 6.45) is -2.56. The summed E-state index contributed by atoms with van der Waals surface area (Å²) >= 11 is 0. The molecule has 1 saturated heterocycles. The van der Waals surface area contributed by atoms with Crippen LogP contribution in [0, 0.1) is 0 Å². The molecule has 2 aromatic rings. The number of hydrogen-bond acceptors (Lipinski definition) is 7. The molecule has 0 aromatic carbocycles. The Labute approximate surface area is 112 Å². The van der Waals surface area contributed by atoms with Crippen LogP contribution in [0.15, 0.2) is 12.7 Å². The van der Waals surface area contributed by atoms with Gasteiger partial charge in [-0.15, -0.1) is 0 Å². The largest absolute Gasteiger partial charge is 0.479 e. The molecular formula is C11H13FN4O4. The van der Waals surface area contributed by atoms with Crippen molar-refractivity contribution in [1.82, 2.24) is 19.5 Å². The van der Waals surface area contributed by atoms with Crippen LogP contribution in [0.5, 0.6) is 5.88 Å². The standard InChI is InChI=1S/C11H13FN4O4/c1-19-10-7-9(13-3-14-10)16(4-15-7)11-6(12)8(18)5(2-17)20-11/h3-6,8,11,17-18H,2H2,1H3/t5-,6?,8-,11-/m1/s1. The number of fused-ring (bicyclic) bond motifs is 1. The molecule has 8 nitrogen and oxygen atoms in total. The number of alkyl halides is 1. The smallest absolute Gasteiger partial charge is 0.245 e.